The molecule has 1 aliphatic carbocycles. The summed E-state index contributed by atoms with van der Waals surface area (Å²) in [6.07, 6.45) is 55.9. The minimum Gasteiger partial charge on any atom is -0.465 e. The van der Waals surface area contributed by atoms with Gasteiger partial charge in [0.15, 0.2) is 0 Å². The van der Waals surface area contributed by atoms with Crippen LogP contribution in [0.2, 0.25) is 0 Å². The predicted molar refractivity (Wildman–Crippen MR) is 332 cm³/mol. The average Bonchev–Trinajstić information content (AvgIpc) is 3.42. The fourth-order valence-electron chi connectivity index (χ4n) is 12.0. The molecular weight excluding hydrogens is 969 g/mol. The molecule has 9 nitrogen and oxygen atoms in total. The SMILES string of the molecule is CCCCCCCCCCC(=O)OCC(CCCCN(CCN(CCO)CCCCCC(=O)OCC(CCCCCC)CCCCCCCC)C1CCCCCCC1)COC(=O)CC(CCCCCC)CCCCCCCC. The standard InChI is InChI=1S/C69H134N2O7/c1-6-11-16-21-24-25-31-39-51-68(74)77-61-65(62-78-69(75)59-63(44-33-19-14-9-4)45-35-27-22-17-12-7-2)48-41-43-54-71(66-49-37-29-26-30-38-50-66)56-55-70(57-58-72)53-42-32-40-52-67(73)76-60-64(46-34-20-15-10-5)47-36-28-23-18-13-8-3/h63-66,72H,6-62H2,1-5H3. The van der Waals surface area contributed by atoms with E-state index in [1.807, 2.05) is 0 Å². The molecule has 1 N–H and O–H groups in total. The molecule has 1 saturated carbocycles. The lowest BCUT2D eigenvalue weighted by Crippen LogP contribution is -2.43. The van der Waals surface area contributed by atoms with Gasteiger partial charge in [-0.2, -0.15) is 0 Å². The number of aliphatic hydroxyl groups is 1. The zero-order chi connectivity index (χ0) is 56.6. The van der Waals surface area contributed by atoms with E-state index in [0.717, 1.165) is 90.4 Å². The van der Waals surface area contributed by atoms with Gasteiger partial charge >= 0.3 is 17.9 Å². The summed E-state index contributed by atoms with van der Waals surface area (Å²) >= 11 is 0. The van der Waals surface area contributed by atoms with Crippen LogP contribution < -0.4 is 0 Å². The predicted octanol–water partition coefficient (Wildman–Crippen LogP) is 19.3. The van der Waals surface area contributed by atoms with Crippen LogP contribution in [-0.2, 0) is 28.6 Å². The first-order valence-corrected chi connectivity index (χ1v) is 34.8. The number of hydrogen-bond acceptors (Lipinski definition) is 9. The number of unbranched alkanes of at least 4 members (excludes halogenated alkanes) is 26. The third-order valence-corrected chi connectivity index (χ3v) is 17.4. The van der Waals surface area contributed by atoms with Crippen molar-refractivity contribution in [2.75, 3.05) is 59.2 Å². The molecule has 0 heterocycles. The van der Waals surface area contributed by atoms with Gasteiger partial charge in [0.2, 0.25) is 0 Å². The van der Waals surface area contributed by atoms with Crippen molar-refractivity contribution in [2.45, 2.75) is 349 Å². The van der Waals surface area contributed by atoms with Crippen molar-refractivity contribution in [3.63, 3.8) is 0 Å². The molecule has 0 aliphatic heterocycles. The molecule has 1 fully saturated rings. The summed E-state index contributed by atoms with van der Waals surface area (Å²) in [4.78, 5) is 44.7. The monoisotopic (exact) mass is 1100 g/mol. The molecule has 9 heteroatoms. The minimum absolute atomic E-state index is 0.00178. The van der Waals surface area contributed by atoms with Crippen molar-refractivity contribution in [3.05, 3.63) is 0 Å². The van der Waals surface area contributed by atoms with Crippen LogP contribution in [0.4, 0.5) is 0 Å². The Morgan fingerprint density at radius 1 is 0.372 bits per heavy atom. The normalized spacial score (nSPS) is 14.6. The van der Waals surface area contributed by atoms with E-state index < -0.39 is 0 Å². The van der Waals surface area contributed by atoms with E-state index in [1.54, 1.807) is 0 Å². The van der Waals surface area contributed by atoms with Crippen molar-refractivity contribution >= 4 is 17.9 Å². The molecule has 1 aliphatic rings. The van der Waals surface area contributed by atoms with Gasteiger partial charge in [-0.1, -0.05) is 253 Å². The zero-order valence-corrected chi connectivity index (χ0v) is 52.9. The first-order chi connectivity index (χ1) is 38.3. The van der Waals surface area contributed by atoms with Crippen LogP contribution in [0.1, 0.15) is 343 Å². The Balaban J connectivity index is 2.86. The lowest BCUT2D eigenvalue weighted by Gasteiger charge is -2.35. The van der Waals surface area contributed by atoms with Gasteiger partial charge in [-0.15, -0.1) is 0 Å². The van der Waals surface area contributed by atoms with E-state index in [1.165, 1.54) is 225 Å². The van der Waals surface area contributed by atoms with Gasteiger partial charge in [-0.05, 0) is 95.6 Å². The molecule has 0 bridgehead atoms. The summed E-state index contributed by atoms with van der Waals surface area (Å²) in [6.45, 7) is 17.3. The van der Waals surface area contributed by atoms with Crippen LogP contribution in [-0.4, -0.2) is 98.0 Å². The van der Waals surface area contributed by atoms with E-state index in [4.69, 9.17) is 14.2 Å². The largest absolute Gasteiger partial charge is 0.465 e. The third-order valence-electron chi connectivity index (χ3n) is 17.4. The van der Waals surface area contributed by atoms with Crippen LogP contribution >= 0.6 is 0 Å². The van der Waals surface area contributed by atoms with Gasteiger partial charge in [0.25, 0.3) is 0 Å². The molecule has 3 atom stereocenters. The number of carbonyl (C=O) groups excluding carboxylic acids is 3. The Kier molecular flexibility index (Phi) is 54.4. The quantitative estimate of drug-likeness (QED) is 0.0362. The van der Waals surface area contributed by atoms with Crippen molar-refractivity contribution in [3.8, 4) is 0 Å². The van der Waals surface area contributed by atoms with Crippen LogP contribution in [0.5, 0.6) is 0 Å². The second kappa shape index (κ2) is 57.1. The second-order valence-corrected chi connectivity index (χ2v) is 24.8. The van der Waals surface area contributed by atoms with Gasteiger partial charge in [-0.3, -0.25) is 24.2 Å². The maximum Gasteiger partial charge on any atom is 0.306 e. The van der Waals surface area contributed by atoms with E-state index >= 15 is 0 Å². The molecule has 0 amide bonds. The maximum absolute atomic E-state index is 13.6. The van der Waals surface area contributed by atoms with Crippen LogP contribution in [0, 0.1) is 17.8 Å². The lowest BCUT2D eigenvalue weighted by molar-refractivity contribution is -0.150. The maximum atomic E-state index is 13.6. The lowest BCUT2D eigenvalue weighted by atomic mass is 9.91. The van der Waals surface area contributed by atoms with Gasteiger partial charge in [0, 0.05) is 50.9 Å². The number of rotatable bonds is 58. The van der Waals surface area contributed by atoms with E-state index in [-0.39, 0.29) is 30.4 Å². The van der Waals surface area contributed by atoms with Gasteiger partial charge in [-0.25, -0.2) is 0 Å². The van der Waals surface area contributed by atoms with E-state index in [0.29, 0.717) is 63.5 Å². The van der Waals surface area contributed by atoms with Crippen LogP contribution in [0.3, 0.4) is 0 Å². The Bertz CT molecular complexity index is 1290. The van der Waals surface area contributed by atoms with Gasteiger partial charge in [0.05, 0.1) is 26.4 Å². The fraction of sp³-hybridized carbons (Fsp3) is 0.957. The second-order valence-electron chi connectivity index (χ2n) is 24.8. The highest BCUT2D eigenvalue weighted by Gasteiger charge is 2.23. The first kappa shape index (κ1) is 74.3. The summed E-state index contributed by atoms with van der Waals surface area (Å²) in [5.74, 6) is 0.669. The molecule has 1 rings (SSSR count). The molecule has 0 spiro atoms. The number of carbonyl (C=O) groups is 3. The third kappa shape index (κ3) is 46.9. The highest BCUT2D eigenvalue weighted by Crippen LogP contribution is 2.26. The number of ether oxygens (including phenoxy) is 3. The van der Waals surface area contributed by atoms with Gasteiger partial charge in [0.1, 0.15) is 0 Å². The smallest absolute Gasteiger partial charge is 0.306 e. The van der Waals surface area contributed by atoms with Crippen molar-refractivity contribution in [2.24, 2.45) is 17.8 Å². The highest BCUT2D eigenvalue weighted by molar-refractivity contribution is 5.70. The molecule has 0 radical (unpaired) electrons. The molecule has 0 aromatic carbocycles. The Hall–Kier alpha value is -1.71. The summed E-state index contributed by atoms with van der Waals surface area (Å²) in [7, 11) is 0. The molecule has 78 heavy (non-hydrogen) atoms. The number of esters is 3. The summed E-state index contributed by atoms with van der Waals surface area (Å²) in [5, 5.41) is 10.1. The Morgan fingerprint density at radius 3 is 1.22 bits per heavy atom. The Labute approximate surface area is 485 Å². The topological polar surface area (TPSA) is 106 Å². The average molecular weight is 1100 g/mol. The minimum atomic E-state index is -0.111. The molecular formula is C69H134N2O7. The van der Waals surface area contributed by atoms with Gasteiger partial charge < -0.3 is 19.3 Å². The molecule has 0 aromatic rings. The summed E-state index contributed by atoms with van der Waals surface area (Å²) in [5.41, 5.74) is 0. The zero-order valence-electron chi connectivity index (χ0n) is 52.9. The van der Waals surface area contributed by atoms with Crippen molar-refractivity contribution < 1.29 is 33.7 Å². The van der Waals surface area contributed by atoms with Crippen LogP contribution in [0.25, 0.3) is 0 Å². The van der Waals surface area contributed by atoms with Crippen molar-refractivity contribution in [1.82, 2.24) is 9.80 Å². The molecule has 3 unspecified atom stereocenters. The fourth-order valence-corrected chi connectivity index (χ4v) is 12.0. The first-order valence-electron chi connectivity index (χ1n) is 34.8. The molecule has 0 saturated heterocycles. The number of hydrogen-bond donors (Lipinski definition) is 1. The van der Waals surface area contributed by atoms with E-state index in [2.05, 4.69) is 44.4 Å². The number of nitrogens with zero attached hydrogens (tertiary/aromatic N) is 2. The summed E-state index contributed by atoms with van der Waals surface area (Å²) in [6, 6.07) is 0.578. The number of aliphatic hydroxyl groups excluding tert-OH is 1. The van der Waals surface area contributed by atoms with E-state index in [9.17, 15) is 19.5 Å². The summed E-state index contributed by atoms with van der Waals surface area (Å²) < 4.78 is 18.0. The molecule has 0 aromatic heterocycles. The molecule has 462 valence electrons. The van der Waals surface area contributed by atoms with Crippen LogP contribution in [0.15, 0.2) is 0 Å². The van der Waals surface area contributed by atoms with Crippen molar-refractivity contribution in [1.29, 1.82) is 0 Å². The highest BCUT2D eigenvalue weighted by atomic mass is 16.5. The Morgan fingerprint density at radius 2 is 0.731 bits per heavy atom.